The van der Waals surface area contributed by atoms with Gasteiger partial charge in [-0.05, 0) is 25.7 Å². The summed E-state index contributed by atoms with van der Waals surface area (Å²) in [6, 6.07) is -0.944. The third-order valence-corrected chi connectivity index (χ3v) is 3.70. The van der Waals surface area contributed by atoms with Crippen molar-refractivity contribution in [3.63, 3.8) is 0 Å². The lowest BCUT2D eigenvalue weighted by molar-refractivity contribution is -0.141. The number of likely N-dealkylation sites (tertiary alicyclic amines) is 1. The smallest absolute Gasteiger partial charge is 0.326 e. The normalized spacial score (nSPS) is 18.9. The van der Waals surface area contributed by atoms with Gasteiger partial charge in [-0.3, -0.25) is 0 Å². The third kappa shape index (κ3) is 3.35. The fraction of sp³-hybridized carbons (Fsp3) is 0.833. The standard InChI is InChI=1S/C12H22N2O3/c1-4-10-5-7-14(8-6-10)12(17)13(3)9(2)11(15)16/h9-10H,4-8H2,1-3H3,(H,15,16). The van der Waals surface area contributed by atoms with E-state index in [9.17, 15) is 9.59 Å². The number of carboxylic acids is 1. The van der Waals surface area contributed by atoms with E-state index in [0.29, 0.717) is 5.92 Å². The second kappa shape index (κ2) is 5.89. The van der Waals surface area contributed by atoms with Crippen LogP contribution in [0.2, 0.25) is 0 Å². The van der Waals surface area contributed by atoms with Gasteiger partial charge in [-0.15, -0.1) is 0 Å². The molecule has 0 spiro atoms. The highest BCUT2D eigenvalue weighted by atomic mass is 16.4. The Morgan fingerprint density at radius 1 is 1.41 bits per heavy atom. The molecule has 98 valence electrons. The molecule has 1 saturated heterocycles. The molecule has 1 heterocycles. The molecule has 17 heavy (non-hydrogen) atoms. The molecule has 0 aromatic rings. The molecular weight excluding hydrogens is 220 g/mol. The van der Waals surface area contributed by atoms with Gasteiger partial charge in [-0.1, -0.05) is 13.3 Å². The molecule has 1 atom stereocenters. The van der Waals surface area contributed by atoms with Crippen LogP contribution in [-0.4, -0.2) is 53.1 Å². The number of nitrogens with zero attached hydrogens (tertiary/aromatic N) is 2. The number of hydrogen-bond donors (Lipinski definition) is 1. The van der Waals surface area contributed by atoms with Crippen LogP contribution in [0.25, 0.3) is 0 Å². The molecule has 1 N–H and O–H groups in total. The first-order chi connectivity index (χ1) is 7.97. The van der Waals surface area contributed by atoms with Crippen molar-refractivity contribution in [2.75, 3.05) is 20.1 Å². The number of amides is 2. The van der Waals surface area contributed by atoms with Crippen LogP contribution in [0, 0.1) is 5.92 Å². The number of piperidine rings is 1. The van der Waals surface area contributed by atoms with Crippen molar-refractivity contribution in [3.8, 4) is 0 Å². The van der Waals surface area contributed by atoms with E-state index in [1.54, 1.807) is 11.9 Å². The van der Waals surface area contributed by atoms with Crippen molar-refractivity contribution < 1.29 is 14.7 Å². The first kappa shape index (κ1) is 13.8. The lowest BCUT2D eigenvalue weighted by Crippen LogP contribution is -2.50. The summed E-state index contributed by atoms with van der Waals surface area (Å²) in [5.41, 5.74) is 0. The summed E-state index contributed by atoms with van der Waals surface area (Å²) in [4.78, 5) is 25.9. The Morgan fingerprint density at radius 3 is 2.35 bits per heavy atom. The maximum absolute atomic E-state index is 12.0. The second-order valence-electron chi connectivity index (χ2n) is 4.75. The van der Waals surface area contributed by atoms with Gasteiger partial charge in [0.2, 0.25) is 0 Å². The molecule has 0 bridgehead atoms. The SMILES string of the molecule is CCC1CCN(C(=O)N(C)C(C)C(=O)O)CC1. The van der Waals surface area contributed by atoms with Gasteiger partial charge in [0.1, 0.15) is 6.04 Å². The molecule has 5 nitrogen and oxygen atoms in total. The summed E-state index contributed by atoms with van der Waals surface area (Å²) in [6.07, 6.45) is 3.21. The molecule has 1 unspecified atom stereocenters. The summed E-state index contributed by atoms with van der Waals surface area (Å²) in [6.45, 7) is 5.18. The van der Waals surface area contributed by atoms with Gasteiger partial charge in [0.25, 0.3) is 0 Å². The van der Waals surface area contributed by atoms with Crippen LogP contribution < -0.4 is 0 Å². The van der Waals surface area contributed by atoms with E-state index in [0.717, 1.165) is 32.4 Å². The zero-order valence-electron chi connectivity index (χ0n) is 10.8. The van der Waals surface area contributed by atoms with E-state index < -0.39 is 12.0 Å². The molecule has 1 aliphatic heterocycles. The first-order valence-electron chi connectivity index (χ1n) is 6.21. The van der Waals surface area contributed by atoms with Crippen molar-refractivity contribution in [1.29, 1.82) is 0 Å². The Bertz CT molecular complexity index is 285. The first-order valence-corrected chi connectivity index (χ1v) is 6.21. The lowest BCUT2D eigenvalue weighted by atomic mass is 9.95. The average molecular weight is 242 g/mol. The van der Waals surface area contributed by atoms with E-state index in [1.165, 1.54) is 11.8 Å². The molecule has 0 radical (unpaired) electrons. The van der Waals surface area contributed by atoms with Crippen LogP contribution in [0.4, 0.5) is 4.79 Å². The van der Waals surface area contributed by atoms with E-state index in [1.807, 2.05) is 0 Å². The zero-order chi connectivity index (χ0) is 13.0. The number of carboxylic acid groups (broad SMARTS) is 1. The second-order valence-corrected chi connectivity index (χ2v) is 4.75. The van der Waals surface area contributed by atoms with E-state index >= 15 is 0 Å². The minimum Gasteiger partial charge on any atom is -0.480 e. The van der Waals surface area contributed by atoms with Gasteiger partial charge in [-0.2, -0.15) is 0 Å². The Hall–Kier alpha value is -1.26. The summed E-state index contributed by atoms with van der Waals surface area (Å²) in [7, 11) is 1.55. The van der Waals surface area contributed by atoms with Gasteiger partial charge in [0.15, 0.2) is 0 Å². The van der Waals surface area contributed by atoms with Gasteiger partial charge >= 0.3 is 12.0 Å². The fourth-order valence-corrected chi connectivity index (χ4v) is 2.09. The van der Waals surface area contributed by atoms with Gasteiger partial charge in [0.05, 0.1) is 0 Å². The van der Waals surface area contributed by atoms with Crippen LogP contribution in [0.15, 0.2) is 0 Å². The lowest BCUT2D eigenvalue weighted by Gasteiger charge is -2.35. The highest BCUT2D eigenvalue weighted by Crippen LogP contribution is 2.20. The number of aliphatic carboxylic acids is 1. The van der Waals surface area contributed by atoms with Gasteiger partial charge < -0.3 is 14.9 Å². The molecule has 0 aliphatic carbocycles. The average Bonchev–Trinajstić information content (AvgIpc) is 2.36. The van der Waals surface area contributed by atoms with E-state index in [4.69, 9.17) is 5.11 Å². The number of likely N-dealkylation sites (N-methyl/N-ethyl adjacent to an activating group) is 1. The number of carbonyl (C=O) groups excluding carboxylic acids is 1. The van der Waals surface area contributed by atoms with Crippen molar-refractivity contribution >= 4 is 12.0 Å². The minimum atomic E-state index is -0.968. The predicted molar refractivity (Wildman–Crippen MR) is 64.8 cm³/mol. The van der Waals surface area contributed by atoms with E-state index in [-0.39, 0.29) is 6.03 Å². The van der Waals surface area contributed by atoms with Crippen molar-refractivity contribution in [2.45, 2.75) is 39.2 Å². The minimum absolute atomic E-state index is 0.172. The zero-order valence-corrected chi connectivity index (χ0v) is 10.8. The molecular formula is C12H22N2O3. The van der Waals surface area contributed by atoms with Crippen molar-refractivity contribution in [2.24, 2.45) is 5.92 Å². The van der Waals surface area contributed by atoms with Gasteiger partial charge in [0, 0.05) is 20.1 Å². The molecule has 1 fully saturated rings. The maximum Gasteiger partial charge on any atom is 0.326 e. The van der Waals surface area contributed by atoms with Crippen LogP contribution in [-0.2, 0) is 4.79 Å². The Morgan fingerprint density at radius 2 is 1.94 bits per heavy atom. The highest BCUT2D eigenvalue weighted by molar-refractivity contribution is 5.82. The van der Waals surface area contributed by atoms with Crippen molar-refractivity contribution in [3.05, 3.63) is 0 Å². The largest absolute Gasteiger partial charge is 0.480 e. The Kier molecular flexibility index (Phi) is 4.78. The fourth-order valence-electron chi connectivity index (χ4n) is 2.09. The monoisotopic (exact) mass is 242 g/mol. The Labute approximate surface area is 102 Å². The molecule has 5 heteroatoms. The summed E-state index contributed by atoms with van der Waals surface area (Å²) >= 11 is 0. The molecule has 0 saturated carbocycles. The quantitative estimate of drug-likeness (QED) is 0.818. The summed E-state index contributed by atoms with van der Waals surface area (Å²) in [5, 5.41) is 8.87. The van der Waals surface area contributed by atoms with Crippen LogP contribution in [0.1, 0.15) is 33.1 Å². The number of carbonyl (C=O) groups is 2. The Balaban J connectivity index is 2.51. The molecule has 0 aromatic carbocycles. The molecule has 1 aliphatic rings. The highest BCUT2D eigenvalue weighted by Gasteiger charge is 2.28. The van der Waals surface area contributed by atoms with Crippen LogP contribution in [0.3, 0.4) is 0 Å². The summed E-state index contributed by atoms with van der Waals surface area (Å²) < 4.78 is 0. The summed E-state index contributed by atoms with van der Waals surface area (Å²) in [5.74, 6) is -0.259. The number of hydrogen-bond acceptors (Lipinski definition) is 2. The predicted octanol–water partition coefficient (Wildman–Crippen LogP) is 1.63. The maximum atomic E-state index is 12.0. The third-order valence-electron chi connectivity index (χ3n) is 3.70. The van der Waals surface area contributed by atoms with Gasteiger partial charge in [-0.25, -0.2) is 9.59 Å². The number of urea groups is 1. The van der Waals surface area contributed by atoms with Crippen LogP contribution in [0.5, 0.6) is 0 Å². The molecule has 2 amide bonds. The topological polar surface area (TPSA) is 60.9 Å². The van der Waals surface area contributed by atoms with Crippen LogP contribution >= 0.6 is 0 Å². The van der Waals surface area contributed by atoms with E-state index in [2.05, 4.69) is 6.92 Å². The number of rotatable bonds is 3. The van der Waals surface area contributed by atoms with Crippen molar-refractivity contribution in [1.82, 2.24) is 9.80 Å². The molecule has 0 aromatic heterocycles. The molecule has 1 rings (SSSR count).